The van der Waals surface area contributed by atoms with Gasteiger partial charge in [-0.1, -0.05) is 12.8 Å². The molecule has 1 N–H and O–H groups in total. The van der Waals surface area contributed by atoms with Gasteiger partial charge >= 0.3 is 0 Å². The van der Waals surface area contributed by atoms with Gasteiger partial charge in [-0.15, -0.1) is 11.3 Å². The summed E-state index contributed by atoms with van der Waals surface area (Å²) < 4.78 is 22.1. The minimum Gasteiger partial charge on any atom is -0.352 e. The van der Waals surface area contributed by atoms with Crippen molar-refractivity contribution in [3.8, 4) is 0 Å². The molecule has 7 heteroatoms. The molecule has 1 aliphatic rings. The Morgan fingerprint density at radius 2 is 2.22 bits per heavy atom. The van der Waals surface area contributed by atoms with E-state index < -0.39 is 9.05 Å². The molecule has 1 saturated carbocycles. The zero-order chi connectivity index (χ0) is 13.2. The molecule has 0 radical (unpaired) electrons. The van der Waals surface area contributed by atoms with Crippen LogP contribution in [0.3, 0.4) is 0 Å². The first-order chi connectivity index (χ1) is 8.47. The fraction of sp³-hybridized carbons (Fsp3) is 0.545. The molecule has 0 atom stereocenters. The number of hydrogen-bond donors (Lipinski definition) is 1. The van der Waals surface area contributed by atoms with Crippen LogP contribution in [-0.4, -0.2) is 20.9 Å². The highest BCUT2D eigenvalue weighted by Crippen LogP contribution is 2.33. The summed E-state index contributed by atoms with van der Waals surface area (Å²) in [5.74, 6) is 0.615. The van der Waals surface area contributed by atoms with E-state index in [2.05, 4.69) is 5.32 Å². The van der Waals surface area contributed by atoms with E-state index in [-0.39, 0.29) is 10.1 Å². The monoisotopic (exact) mass is 307 g/mol. The first kappa shape index (κ1) is 13.8. The Balaban J connectivity index is 1.82. The highest BCUT2D eigenvalue weighted by Gasteiger charge is 2.20. The van der Waals surface area contributed by atoms with Crippen LogP contribution in [0.25, 0.3) is 0 Å². The number of halogens is 1. The summed E-state index contributed by atoms with van der Waals surface area (Å²) in [7, 11) is 1.46. The van der Waals surface area contributed by atoms with Crippen molar-refractivity contribution < 1.29 is 13.2 Å². The molecule has 0 bridgehead atoms. The normalized spacial score (nSPS) is 15.6. The van der Waals surface area contributed by atoms with E-state index in [4.69, 9.17) is 10.7 Å². The number of thiophene rings is 1. The second-order valence-corrected chi connectivity index (χ2v) is 8.14. The minimum absolute atomic E-state index is 0.00676. The van der Waals surface area contributed by atoms with Gasteiger partial charge < -0.3 is 5.32 Å². The van der Waals surface area contributed by atoms with Crippen molar-refractivity contribution in [3.05, 3.63) is 17.0 Å². The molecular formula is C11H14ClNO3S2. The molecule has 1 aliphatic carbocycles. The topological polar surface area (TPSA) is 63.2 Å². The van der Waals surface area contributed by atoms with Crippen LogP contribution in [0.15, 0.2) is 15.7 Å². The molecule has 4 nitrogen and oxygen atoms in total. The molecule has 1 aromatic heterocycles. The largest absolute Gasteiger partial charge is 0.352 e. The standard InChI is InChI=1S/C11H14ClNO3S2/c12-18(15,16)10-6-9(7-17-10)11(14)13-5-1-2-8-3-4-8/h6-8H,1-5H2,(H,13,14). The Morgan fingerprint density at radius 3 is 2.78 bits per heavy atom. The van der Waals surface area contributed by atoms with E-state index in [1.165, 1.54) is 24.3 Å². The first-order valence-electron chi connectivity index (χ1n) is 5.78. The van der Waals surface area contributed by atoms with Gasteiger partial charge in [-0.2, -0.15) is 0 Å². The lowest BCUT2D eigenvalue weighted by Gasteiger charge is -2.02. The molecule has 0 unspecified atom stereocenters. The summed E-state index contributed by atoms with van der Waals surface area (Å²) in [6.45, 7) is 0.633. The van der Waals surface area contributed by atoms with Gasteiger partial charge in [-0.25, -0.2) is 8.42 Å². The van der Waals surface area contributed by atoms with Crippen molar-refractivity contribution in [3.63, 3.8) is 0 Å². The van der Waals surface area contributed by atoms with E-state index in [0.29, 0.717) is 12.1 Å². The fourth-order valence-corrected chi connectivity index (χ4v) is 3.61. The van der Waals surface area contributed by atoms with Crippen LogP contribution in [0, 0.1) is 5.92 Å². The zero-order valence-electron chi connectivity index (χ0n) is 9.69. The number of carbonyl (C=O) groups excluding carboxylic acids is 1. The fourth-order valence-electron chi connectivity index (χ4n) is 1.66. The smallest absolute Gasteiger partial charge is 0.270 e. The van der Waals surface area contributed by atoms with Gasteiger partial charge in [0.25, 0.3) is 15.0 Å². The van der Waals surface area contributed by atoms with Crippen LogP contribution in [0.4, 0.5) is 0 Å². The van der Waals surface area contributed by atoms with Crippen LogP contribution in [0.2, 0.25) is 0 Å². The summed E-state index contributed by atoms with van der Waals surface area (Å²) in [4.78, 5) is 11.7. The SMILES string of the molecule is O=C(NCCCC1CC1)c1csc(S(=O)(=O)Cl)c1. The van der Waals surface area contributed by atoms with Crippen LogP contribution < -0.4 is 5.32 Å². The predicted octanol–water partition coefficient (Wildman–Crippen LogP) is 2.60. The van der Waals surface area contributed by atoms with Crippen molar-refractivity contribution in [1.29, 1.82) is 0 Å². The van der Waals surface area contributed by atoms with Crippen LogP contribution in [-0.2, 0) is 9.05 Å². The number of hydrogen-bond acceptors (Lipinski definition) is 4. The van der Waals surface area contributed by atoms with E-state index in [0.717, 1.165) is 30.1 Å². The first-order valence-corrected chi connectivity index (χ1v) is 8.97. The molecule has 100 valence electrons. The third-order valence-corrected chi connectivity index (χ3v) is 5.89. The van der Waals surface area contributed by atoms with Crippen LogP contribution in [0.1, 0.15) is 36.0 Å². The van der Waals surface area contributed by atoms with Gasteiger partial charge in [0.05, 0.1) is 5.56 Å². The van der Waals surface area contributed by atoms with Crippen molar-refractivity contribution >= 4 is 37.0 Å². The van der Waals surface area contributed by atoms with Gasteiger partial charge in [0.2, 0.25) is 0 Å². The maximum atomic E-state index is 11.7. The Labute approximate surface area is 115 Å². The number of nitrogens with one attached hydrogen (secondary N) is 1. The number of amides is 1. The highest BCUT2D eigenvalue weighted by molar-refractivity contribution is 8.15. The average molecular weight is 308 g/mol. The highest BCUT2D eigenvalue weighted by atomic mass is 35.7. The lowest BCUT2D eigenvalue weighted by atomic mass is 10.2. The summed E-state index contributed by atoms with van der Waals surface area (Å²) in [5.41, 5.74) is 0.352. The van der Waals surface area contributed by atoms with Crippen molar-refractivity contribution in [1.82, 2.24) is 5.32 Å². The second-order valence-electron chi connectivity index (χ2n) is 4.43. The molecule has 1 amide bonds. The van der Waals surface area contributed by atoms with Gasteiger partial charge in [0, 0.05) is 22.6 Å². The minimum atomic E-state index is -3.73. The quantitative estimate of drug-likeness (QED) is 0.649. The third kappa shape index (κ3) is 3.96. The summed E-state index contributed by atoms with van der Waals surface area (Å²) >= 11 is 0.958. The molecule has 1 heterocycles. The lowest BCUT2D eigenvalue weighted by molar-refractivity contribution is 0.0953. The van der Waals surface area contributed by atoms with E-state index in [1.54, 1.807) is 0 Å². The number of rotatable bonds is 6. The van der Waals surface area contributed by atoms with Crippen molar-refractivity contribution in [2.75, 3.05) is 6.54 Å². The summed E-state index contributed by atoms with van der Waals surface area (Å²) in [6, 6.07) is 1.31. The number of carbonyl (C=O) groups is 1. The Morgan fingerprint density at radius 1 is 1.50 bits per heavy atom. The Hall–Kier alpha value is -0.590. The summed E-state index contributed by atoms with van der Waals surface area (Å²) in [6.07, 6.45) is 4.76. The molecule has 18 heavy (non-hydrogen) atoms. The van der Waals surface area contributed by atoms with E-state index in [1.807, 2.05) is 0 Å². The Kier molecular flexibility index (Phi) is 4.29. The van der Waals surface area contributed by atoms with Gasteiger partial charge in [-0.05, 0) is 24.8 Å². The molecule has 0 spiro atoms. The van der Waals surface area contributed by atoms with E-state index >= 15 is 0 Å². The Bertz CT molecular complexity index is 534. The third-order valence-electron chi connectivity index (χ3n) is 2.85. The average Bonchev–Trinajstić information content (AvgIpc) is 2.95. The van der Waals surface area contributed by atoms with Crippen molar-refractivity contribution in [2.24, 2.45) is 5.92 Å². The second kappa shape index (κ2) is 5.59. The maximum Gasteiger partial charge on any atom is 0.270 e. The summed E-state index contributed by atoms with van der Waals surface area (Å²) in [5, 5.41) is 4.28. The maximum absolute atomic E-state index is 11.7. The molecular weight excluding hydrogens is 294 g/mol. The molecule has 0 saturated heterocycles. The predicted molar refractivity (Wildman–Crippen MR) is 71.6 cm³/mol. The molecule has 1 fully saturated rings. The zero-order valence-corrected chi connectivity index (χ0v) is 12.1. The molecule has 2 rings (SSSR count). The lowest BCUT2D eigenvalue weighted by Crippen LogP contribution is -2.23. The molecule has 1 aromatic rings. The van der Waals surface area contributed by atoms with Crippen LogP contribution in [0.5, 0.6) is 0 Å². The van der Waals surface area contributed by atoms with Gasteiger partial charge in [-0.3, -0.25) is 4.79 Å². The van der Waals surface area contributed by atoms with Gasteiger partial charge in [0.15, 0.2) is 0 Å². The van der Waals surface area contributed by atoms with Crippen molar-refractivity contribution in [2.45, 2.75) is 29.9 Å². The van der Waals surface area contributed by atoms with Crippen LogP contribution >= 0.6 is 22.0 Å². The molecule has 0 aliphatic heterocycles. The molecule has 0 aromatic carbocycles. The van der Waals surface area contributed by atoms with Gasteiger partial charge in [0.1, 0.15) is 4.21 Å². The van der Waals surface area contributed by atoms with E-state index in [9.17, 15) is 13.2 Å².